The molecule has 0 aliphatic carbocycles. The zero-order chi connectivity index (χ0) is 15.2. The fourth-order valence-corrected chi connectivity index (χ4v) is 2.14. The molecule has 20 heavy (non-hydrogen) atoms. The Hall–Kier alpha value is -1.06. The standard InChI is InChI=1S/C16H31NO3/c1-4-7-8-9-10-11-12-15(18)17(13-5-2)14-16(19)20-6-3/h4-14H2,1-3H3. The van der Waals surface area contributed by atoms with E-state index in [1.807, 2.05) is 6.92 Å². The molecule has 0 heterocycles. The van der Waals surface area contributed by atoms with Gasteiger partial charge in [-0.2, -0.15) is 0 Å². The first-order valence-electron chi connectivity index (χ1n) is 8.09. The molecule has 0 unspecified atom stereocenters. The van der Waals surface area contributed by atoms with E-state index in [0.29, 0.717) is 19.6 Å². The van der Waals surface area contributed by atoms with E-state index >= 15 is 0 Å². The third-order valence-electron chi connectivity index (χ3n) is 3.22. The Bertz CT molecular complexity index is 266. The van der Waals surface area contributed by atoms with Crippen LogP contribution in [0, 0.1) is 0 Å². The molecule has 0 aromatic heterocycles. The van der Waals surface area contributed by atoms with Crippen molar-refractivity contribution in [2.75, 3.05) is 19.7 Å². The molecule has 0 radical (unpaired) electrons. The van der Waals surface area contributed by atoms with Gasteiger partial charge >= 0.3 is 5.97 Å². The van der Waals surface area contributed by atoms with Crippen molar-refractivity contribution in [2.24, 2.45) is 0 Å². The number of esters is 1. The van der Waals surface area contributed by atoms with Crippen LogP contribution in [0.4, 0.5) is 0 Å². The number of hydrogen-bond acceptors (Lipinski definition) is 3. The van der Waals surface area contributed by atoms with E-state index in [-0.39, 0.29) is 18.4 Å². The first-order chi connectivity index (χ1) is 9.65. The molecule has 0 spiro atoms. The highest BCUT2D eigenvalue weighted by Gasteiger charge is 2.16. The molecule has 0 aromatic rings. The van der Waals surface area contributed by atoms with E-state index in [1.54, 1.807) is 11.8 Å². The molecular weight excluding hydrogens is 254 g/mol. The SMILES string of the molecule is CCCCCCCCC(=O)N(CCC)CC(=O)OCC. The van der Waals surface area contributed by atoms with Crippen molar-refractivity contribution in [1.29, 1.82) is 0 Å². The molecule has 4 nitrogen and oxygen atoms in total. The Labute approximate surface area is 123 Å². The van der Waals surface area contributed by atoms with Crippen LogP contribution in [0.2, 0.25) is 0 Å². The number of rotatable bonds is 12. The summed E-state index contributed by atoms with van der Waals surface area (Å²) in [6.45, 7) is 7.08. The van der Waals surface area contributed by atoms with Gasteiger partial charge in [0.25, 0.3) is 0 Å². The molecule has 1 amide bonds. The number of hydrogen-bond donors (Lipinski definition) is 0. The van der Waals surface area contributed by atoms with E-state index in [2.05, 4.69) is 6.92 Å². The third-order valence-corrected chi connectivity index (χ3v) is 3.22. The Morgan fingerprint density at radius 2 is 1.55 bits per heavy atom. The lowest BCUT2D eigenvalue weighted by Crippen LogP contribution is -2.36. The van der Waals surface area contributed by atoms with Crippen LogP contribution in [0.25, 0.3) is 0 Å². The van der Waals surface area contributed by atoms with Crippen molar-refractivity contribution in [1.82, 2.24) is 4.90 Å². The molecule has 0 aromatic carbocycles. The molecule has 0 rings (SSSR count). The molecule has 0 saturated heterocycles. The molecular formula is C16H31NO3. The van der Waals surface area contributed by atoms with Gasteiger partial charge in [-0.1, -0.05) is 46.0 Å². The Kier molecular flexibility index (Phi) is 12.3. The molecule has 0 aliphatic rings. The van der Waals surface area contributed by atoms with Gasteiger partial charge in [0.1, 0.15) is 6.54 Å². The first kappa shape index (κ1) is 18.9. The number of unbranched alkanes of at least 4 members (excludes halogenated alkanes) is 5. The predicted molar refractivity (Wildman–Crippen MR) is 81.5 cm³/mol. The van der Waals surface area contributed by atoms with Crippen LogP contribution in [-0.4, -0.2) is 36.5 Å². The maximum atomic E-state index is 12.1. The van der Waals surface area contributed by atoms with Gasteiger partial charge in [0.05, 0.1) is 6.61 Å². The average Bonchev–Trinajstić information content (AvgIpc) is 2.42. The molecule has 0 N–H and O–H groups in total. The highest BCUT2D eigenvalue weighted by atomic mass is 16.5. The Morgan fingerprint density at radius 3 is 2.15 bits per heavy atom. The summed E-state index contributed by atoms with van der Waals surface area (Å²) in [5.41, 5.74) is 0. The minimum atomic E-state index is -0.308. The van der Waals surface area contributed by atoms with E-state index in [0.717, 1.165) is 19.3 Å². The average molecular weight is 285 g/mol. The van der Waals surface area contributed by atoms with E-state index < -0.39 is 0 Å². The van der Waals surface area contributed by atoms with Crippen LogP contribution in [0.15, 0.2) is 0 Å². The molecule has 0 fully saturated rings. The van der Waals surface area contributed by atoms with E-state index in [4.69, 9.17) is 4.74 Å². The lowest BCUT2D eigenvalue weighted by molar-refractivity contribution is -0.149. The van der Waals surface area contributed by atoms with Crippen LogP contribution < -0.4 is 0 Å². The van der Waals surface area contributed by atoms with Crippen molar-refractivity contribution in [3.05, 3.63) is 0 Å². The summed E-state index contributed by atoms with van der Waals surface area (Å²) in [6, 6.07) is 0. The van der Waals surface area contributed by atoms with Crippen molar-refractivity contribution in [3.63, 3.8) is 0 Å². The Balaban J connectivity index is 3.93. The van der Waals surface area contributed by atoms with Gasteiger partial charge in [-0.05, 0) is 19.8 Å². The zero-order valence-electron chi connectivity index (χ0n) is 13.5. The molecule has 4 heteroatoms. The fraction of sp³-hybridized carbons (Fsp3) is 0.875. The largest absolute Gasteiger partial charge is 0.465 e. The zero-order valence-corrected chi connectivity index (χ0v) is 13.5. The van der Waals surface area contributed by atoms with Crippen molar-refractivity contribution in [3.8, 4) is 0 Å². The van der Waals surface area contributed by atoms with Crippen LogP contribution in [0.1, 0.15) is 72.1 Å². The number of nitrogens with zero attached hydrogens (tertiary/aromatic N) is 1. The van der Waals surface area contributed by atoms with Crippen molar-refractivity contribution < 1.29 is 14.3 Å². The third kappa shape index (κ3) is 9.82. The molecule has 0 saturated carbocycles. The predicted octanol–water partition coefficient (Wildman–Crippen LogP) is 3.54. The number of carbonyl (C=O) groups is 2. The molecule has 118 valence electrons. The summed E-state index contributed by atoms with van der Waals surface area (Å²) in [4.78, 5) is 25.2. The minimum Gasteiger partial charge on any atom is -0.465 e. The second-order valence-corrected chi connectivity index (χ2v) is 5.14. The highest BCUT2D eigenvalue weighted by Crippen LogP contribution is 2.08. The van der Waals surface area contributed by atoms with E-state index in [1.165, 1.54) is 25.7 Å². The normalized spacial score (nSPS) is 10.3. The van der Waals surface area contributed by atoms with Gasteiger partial charge in [0.2, 0.25) is 5.91 Å². The summed E-state index contributed by atoms with van der Waals surface area (Å²) < 4.78 is 4.91. The molecule has 0 atom stereocenters. The van der Waals surface area contributed by atoms with Crippen LogP contribution in [-0.2, 0) is 14.3 Å². The molecule has 0 bridgehead atoms. The van der Waals surface area contributed by atoms with E-state index in [9.17, 15) is 9.59 Å². The molecule has 0 aliphatic heterocycles. The lowest BCUT2D eigenvalue weighted by atomic mass is 10.1. The fourth-order valence-electron chi connectivity index (χ4n) is 2.14. The van der Waals surface area contributed by atoms with Gasteiger partial charge in [-0.25, -0.2) is 0 Å². The van der Waals surface area contributed by atoms with Gasteiger partial charge < -0.3 is 9.64 Å². The smallest absolute Gasteiger partial charge is 0.325 e. The van der Waals surface area contributed by atoms with Gasteiger partial charge in [0.15, 0.2) is 0 Å². The summed E-state index contributed by atoms with van der Waals surface area (Å²) in [5.74, 6) is -0.229. The second-order valence-electron chi connectivity index (χ2n) is 5.14. The first-order valence-corrected chi connectivity index (χ1v) is 8.09. The maximum Gasteiger partial charge on any atom is 0.325 e. The second kappa shape index (κ2) is 12.9. The van der Waals surface area contributed by atoms with Crippen molar-refractivity contribution in [2.45, 2.75) is 72.1 Å². The maximum absolute atomic E-state index is 12.1. The highest BCUT2D eigenvalue weighted by molar-refractivity contribution is 5.82. The quantitative estimate of drug-likeness (QED) is 0.407. The number of amides is 1. The Morgan fingerprint density at radius 1 is 0.900 bits per heavy atom. The lowest BCUT2D eigenvalue weighted by Gasteiger charge is -2.21. The number of ether oxygens (including phenoxy) is 1. The van der Waals surface area contributed by atoms with Gasteiger partial charge in [0, 0.05) is 13.0 Å². The topological polar surface area (TPSA) is 46.6 Å². The monoisotopic (exact) mass is 285 g/mol. The summed E-state index contributed by atoms with van der Waals surface area (Å²) >= 11 is 0. The van der Waals surface area contributed by atoms with Crippen LogP contribution in [0.3, 0.4) is 0 Å². The summed E-state index contributed by atoms with van der Waals surface area (Å²) in [6.07, 6.45) is 8.41. The summed E-state index contributed by atoms with van der Waals surface area (Å²) in [7, 11) is 0. The van der Waals surface area contributed by atoms with Gasteiger partial charge in [-0.15, -0.1) is 0 Å². The summed E-state index contributed by atoms with van der Waals surface area (Å²) in [5, 5.41) is 0. The number of carbonyl (C=O) groups excluding carboxylic acids is 2. The van der Waals surface area contributed by atoms with Crippen LogP contribution in [0.5, 0.6) is 0 Å². The van der Waals surface area contributed by atoms with Gasteiger partial charge in [-0.3, -0.25) is 9.59 Å². The van der Waals surface area contributed by atoms with Crippen molar-refractivity contribution >= 4 is 11.9 Å². The van der Waals surface area contributed by atoms with Crippen LogP contribution >= 0.6 is 0 Å². The minimum absolute atomic E-state index is 0.0791.